The summed E-state index contributed by atoms with van der Waals surface area (Å²) in [5.74, 6) is -0.505. The first-order chi connectivity index (χ1) is 17.6. The van der Waals surface area contributed by atoms with Gasteiger partial charge in [0.15, 0.2) is 17.8 Å². The van der Waals surface area contributed by atoms with E-state index in [9.17, 15) is 23.1 Å². The predicted molar refractivity (Wildman–Crippen MR) is 128 cm³/mol. The van der Waals surface area contributed by atoms with Crippen LogP contribution in [-0.2, 0) is 14.3 Å². The molecular formula is C26H26F3NO7. The van der Waals surface area contributed by atoms with E-state index >= 15 is 0 Å². The average Bonchev–Trinajstić information content (AvgIpc) is 3.45. The molecule has 2 aromatic rings. The normalized spacial score (nSPS) is 16.8. The Kier molecular flexibility index (Phi) is 7.65. The fourth-order valence-corrected chi connectivity index (χ4v) is 4.29. The quantitative estimate of drug-likeness (QED) is 0.528. The Bertz CT molecular complexity index is 1220. The number of allylic oxidation sites excluding steroid dienone is 2. The number of methoxy groups -OCH3 is 2. The van der Waals surface area contributed by atoms with E-state index in [-0.39, 0.29) is 41.9 Å². The summed E-state index contributed by atoms with van der Waals surface area (Å²) in [6.07, 6.45) is -3.69. The van der Waals surface area contributed by atoms with Gasteiger partial charge in [-0.25, -0.2) is 0 Å². The molecule has 4 rings (SSSR count). The Morgan fingerprint density at radius 3 is 2.35 bits per heavy atom. The Hall–Kier alpha value is -3.70. The largest absolute Gasteiger partial charge is 0.573 e. The van der Waals surface area contributed by atoms with Crippen molar-refractivity contribution in [2.75, 3.05) is 34.0 Å². The number of carbonyl (C=O) groups is 1. The van der Waals surface area contributed by atoms with Gasteiger partial charge in [0.05, 0.1) is 40.4 Å². The van der Waals surface area contributed by atoms with Gasteiger partial charge in [-0.15, -0.1) is 13.2 Å². The van der Waals surface area contributed by atoms with Gasteiger partial charge in [0.1, 0.15) is 5.75 Å². The highest BCUT2D eigenvalue weighted by atomic mass is 19.4. The van der Waals surface area contributed by atoms with Crippen LogP contribution in [0.25, 0.3) is 17.2 Å². The highest BCUT2D eigenvalue weighted by Gasteiger charge is 2.33. The van der Waals surface area contributed by atoms with Gasteiger partial charge in [-0.2, -0.15) is 0 Å². The summed E-state index contributed by atoms with van der Waals surface area (Å²) in [5, 5.41) is 13.0. The average molecular weight is 521 g/mol. The molecule has 0 saturated carbocycles. The Balaban J connectivity index is 1.72. The minimum Gasteiger partial charge on any atom is -0.502 e. The zero-order valence-corrected chi connectivity index (χ0v) is 20.4. The van der Waals surface area contributed by atoms with Crippen molar-refractivity contribution in [2.24, 2.45) is 0 Å². The molecule has 1 aliphatic carbocycles. The number of fused-ring (bicyclic) bond motifs is 1. The molecule has 11 heteroatoms. The van der Waals surface area contributed by atoms with E-state index in [1.807, 2.05) is 0 Å². The fraction of sp³-hybridized carbons (Fsp3) is 0.346. The molecule has 0 radical (unpaired) electrons. The van der Waals surface area contributed by atoms with Crippen molar-refractivity contribution in [3.05, 3.63) is 52.6 Å². The summed E-state index contributed by atoms with van der Waals surface area (Å²) in [6.45, 7) is 2.84. The lowest BCUT2D eigenvalue weighted by molar-refractivity contribution is -0.274. The molecule has 0 spiro atoms. The van der Waals surface area contributed by atoms with Gasteiger partial charge in [-0.05, 0) is 70.7 Å². The van der Waals surface area contributed by atoms with Crippen molar-refractivity contribution >= 4 is 23.1 Å². The minimum atomic E-state index is -4.86. The lowest BCUT2D eigenvalue weighted by atomic mass is 10.00. The highest BCUT2D eigenvalue weighted by molar-refractivity contribution is 6.08. The van der Waals surface area contributed by atoms with Gasteiger partial charge < -0.3 is 34.1 Å². The minimum absolute atomic E-state index is 0.0828. The van der Waals surface area contributed by atoms with E-state index in [0.29, 0.717) is 46.6 Å². The predicted octanol–water partition coefficient (Wildman–Crippen LogP) is 4.51. The number of ether oxygens (including phenoxy) is 5. The molecule has 1 amide bonds. The lowest BCUT2D eigenvalue weighted by Crippen LogP contribution is -2.32. The van der Waals surface area contributed by atoms with E-state index in [1.165, 1.54) is 32.4 Å². The number of hydrogen-bond donors (Lipinski definition) is 2. The highest BCUT2D eigenvalue weighted by Crippen LogP contribution is 2.46. The molecule has 1 fully saturated rings. The van der Waals surface area contributed by atoms with E-state index in [0.717, 1.165) is 0 Å². The summed E-state index contributed by atoms with van der Waals surface area (Å²) in [6, 6.07) is 7.22. The zero-order valence-electron chi connectivity index (χ0n) is 20.4. The third-order valence-corrected chi connectivity index (χ3v) is 6.00. The molecular weight excluding hydrogens is 495 g/mol. The fourth-order valence-electron chi connectivity index (χ4n) is 4.29. The number of aromatic hydroxyl groups is 1. The van der Waals surface area contributed by atoms with Crippen LogP contribution in [-0.4, -0.2) is 57.6 Å². The second-order valence-corrected chi connectivity index (χ2v) is 8.34. The summed E-state index contributed by atoms with van der Waals surface area (Å²) in [7, 11) is 2.81. The van der Waals surface area contributed by atoms with Crippen LogP contribution in [0.3, 0.4) is 0 Å². The number of amides is 1. The number of nitrogens with one attached hydrogen (secondary N) is 1. The van der Waals surface area contributed by atoms with Crippen molar-refractivity contribution in [3.63, 3.8) is 0 Å². The molecule has 0 atom stereocenters. The molecule has 2 aromatic carbocycles. The monoisotopic (exact) mass is 521 g/mol. The number of phenols is 1. The van der Waals surface area contributed by atoms with Gasteiger partial charge in [-0.1, -0.05) is 6.07 Å². The lowest BCUT2D eigenvalue weighted by Gasteiger charge is -2.13. The maximum absolute atomic E-state index is 12.9. The van der Waals surface area contributed by atoms with Crippen molar-refractivity contribution in [1.82, 2.24) is 5.32 Å². The molecule has 2 N–H and O–H groups in total. The number of benzene rings is 2. The standard InChI is InChI=1S/C26H26F3NO7/c1-14-18(8-15-9-21(33-2)25(32)22(10-15)34-3)17-5-4-16(37-26(27,28)29)11-20(17)19(14)12-23(31)30-13-24-35-6-7-36-24/h4-5,8-11,24,32H,6-7,12-13H2,1-3H3,(H,30,31). The molecule has 0 bridgehead atoms. The van der Waals surface area contributed by atoms with E-state index < -0.39 is 12.7 Å². The van der Waals surface area contributed by atoms with E-state index in [2.05, 4.69) is 10.1 Å². The van der Waals surface area contributed by atoms with Crippen LogP contribution in [0.1, 0.15) is 30.0 Å². The summed E-state index contributed by atoms with van der Waals surface area (Å²) < 4.78 is 63.9. The number of hydrogen-bond acceptors (Lipinski definition) is 7. The smallest absolute Gasteiger partial charge is 0.502 e. The molecule has 2 aliphatic rings. The number of rotatable bonds is 8. The maximum atomic E-state index is 12.9. The summed E-state index contributed by atoms with van der Waals surface area (Å²) in [5.41, 5.74) is 3.64. The van der Waals surface area contributed by atoms with Crippen molar-refractivity contribution in [3.8, 4) is 23.0 Å². The molecule has 37 heavy (non-hydrogen) atoms. The first kappa shape index (κ1) is 26.4. The first-order valence-corrected chi connectivity index (χ1v) is 11.4. The number of phenolic OH excluding ortho intramolecular Hbond substituents is 1. The van der Waals surface area contributed by atoms with Crippen LogP contribution in [0.4, 0.5) is 13.2 Å². The number of carbonyl (C=O) groups excluding carboxylic acids is 1. The topological polar surface area (TPSA) is 95.5 Å². The SMILES string of the molecule is COc1cc(C=C2C(C)=C(CC(=O)NCC3OCCO3)c3cc(OC(F)(F)F)ccc32)cc(OC)c1O. The van der Waals surface area contributed by atoms with Crippen molar-refractivity contribution < 1.29 is 46.8 Å². The van der Waals surface area contributed by atoms with Gasteiger partial charge in [0, 0.05) is 0 Å². The third-order valence-electron chi connectivity index (χ3n) is 6.00. The Labute approximate surface area is 211 Å². The van der Waals surface area contributed by atoms with Crippen molar-refractivity contribution in [1.29, 1.82) is 0 Å². The summed E-state index contributed by atoms with van der Waals surface area (Å²) in [4.78, 5) is 12.7. The molecule has 8 nitrogen and oxygen atoms in total. The maximum Gasteiger partial charge on any atom is 0.573 e. The Morgan fingerprint density at radius 1 is 1.11 bits per heavy atom. The molecule has 0 unspecified atom stereocenters. The molecule has 1 heterocycles. The van der Waals surface area contributed by atoms with Crippen molar-refractivity contribution in [2.45, 2.75) is 26.0 Å². The number of alkyl halides is 3. The second-order valence-electron chi connectivity index (χ2n) is 8.34. The van der Waals surface area contributed by atoms with Gasteiger partial charge in [0.2, 0.25) is 11.7 Å². The van der Waals surface area contributed by atoms with Crippen LogP contribution in [0.5, 0.6) is 23.0 Å². The van der Waals surface area contributed by atoms with E-state index in [1.54, 1.807) is 25.1 Å². The van der Waals surface area contributed by atoms with Crippen LogP contribution in [0, 0.1) is 0 Å². The van der Waals surface area contributed by atoms with Crippen LogP contribution >= 0.6 is 0 Å². The molecule has 1 aliphatic heterocycles. The van der Waals surface area contributed by atoms with Gasteiger partial charge in [-0.3, -0.25) is 4.79 Å². The van der Waals surface area contributed by atoms with E-state index in [4.69, 9.17) is 18.9 Å². The molecule has 198 valence electrons. The summed E-state index contributed by atoms with van der Waals surface area (Å²) >= 11 is 0. The third kappa shape index (κ3) is 6.00. The van der Waals surface area contributed by atoms with Crippen LogP contribution in [0.15, 0.2) is 35.9 Å². The molecule has 1 saturated heterocycles. The van der Waals surface area contributed by atoms with Gasteiger partial charge >= 0.3 is 6.36 Å². The number of halogens is 3. The van der Waals surface area contributed by atoms with Crippen LogP contribution < -0.4 is 19.5 Å². The first-order valence-electron chi connectivity index (χ1n) is 11.4. The van der Waals surface area contributed by atoms with Gasteiger partial charge in [0.25, 0.3) is 0 Å². The van der Waals surface area contributed by atoms with Crippen LogP contribution in [0.2, 0.25) is 0 Å². The zero-order chi connectivity index (χ0) is 26.7. The molecule has 0 aromatic heterocycles. The second kappa shape index (κ2) is 10.7. The Morgan fingerprint density at radius 2 is 1.76 bits per heavy atom.